The normalized spacial score (nSPS) is 17.0. The Kier molecular flexibility index (Phi) is 9.37. The van der Waals surface area contributed by atoms with E-state index in [0.29, 0.717) is 33.5 Å². The molecule has 0 saturated heterocycles. The van der Waals surface area contributed by atoms with E-state index in [1.54, 1.807) is 19.1 Å². The summed E-state index contributed by atoms with van der Waals surface area (Å²) in [6, 6.07) is 3.40. The Morgan fingerprint density at radius 1 is 1.05 bits per heavy atom. The first-order valence-corrected chi connectivity index (χ1v) is 13.9. The van der Waals surface area contributed by atoms with Gasteiger partial charge in [-0.2, -0.15) is 26.3 Å². The summed E-state index contributed by atoms with van der Waals surface area (Å²) in [6.45, 7) is 3.21. The first-order chi connectivity index (χ1) is 19.8. The van der Waals surface area contributed by atoms with Crippen LogP contribution in [0.5, 0.6) is 5.88 Å². The van der Waals surface area contributed by atoms with E-state index in [-0.39, 0.29) is 36.5 Å². The van der Waals surface area contributed by atoms with Crippen molar-refractivity contribution >= 4 is 40.3 Å². The third kappa shape index (κ3) is 6.81. The molecule has 0 radical (unpaired) electrons. The summed E-state index contributed by atoms with van der Waals surface area (Å²) in [6.07, 6.45) is -7.02. The molecule has 3 aromatic rings. The zero-order chi connectivity index (χ0) is 30.8. The number of ether oxygens (including phenoxy) is 2. The van der Waals surface area contributed by atoms with Gasteiger partial charge < -0.3 is 14.4 Å². The van der Waals surface area contributed by atoms with Crippen LogP contribution in [0, 0.1) is 3.57 Å². The van der Waals surface area contributed by atoms with Gasteiger partial charge in [-0.1, -0.05) is 6.92 Å². The van der Waals surface area contributed by atoms with Crippen LogP contribution in [0.25, 0.3) is 0 Å². The van der Waals surface area contributed by atoms with Crippen molar-refractivity contribution in [1.82, 2.24) is 15.0 Å². The molecular weight excluding hydrogens is 683 g/mol. The van der Waals surface area contributed by atoms with Gasteiger partial charge in [-0.05, 0) is 72.2 Å². The van der Waals surface area contributed by atoms with Crippen LogP contribution in [0.15, 0.2) is 42.7 Å². The van der Waals surface area contributed by atoms with Crippen molar-refractivity contribution in [3.8, 4) is 5.88 Å². The number of hydrogen-bond acceptors (Lipinski definition) is 7. The first kappa shape index (κ1) is 31.6. The average molecular weight is 709 g/mol. The zero-order valence-electron chi connectivity index (χ0n) is 22.6. The minimum Gasteiger partial charge on any atom is -0.481 e. The van der Waals surface area contributed by atoms with E-state index in [1.807, 2.05) is 29.5 Å². The van der Waals surface area contributed by atoms with Gasteiger partial charge in [0.2, 0.25) is 11.8 Å². The summed E-state index contributed by atoms with van der Waals surface area (Å²) in [4.78, 5) is 29.2. The highest BCUT2D eigenvalue weighted by atomic mass is 127. The van der Waals surface area contributed by atoms with Crippen LogP contribution in [0.1, 0.15) is 55.1 Å². The van der Waals surface area contributed by atoms with Crippen molar-refractivity contribution in [2.45, 2.75) is 57.7 Å². The molecule has 1 aromatic carbocycles. The monoisotopic (exact) mass is 709 g/mol. The van der Waals surface area contributed by atoms with Crippen molar-refractivity contribution in [3.63, 3.8) is 0 Å². The van der Waals surface area contributed by atoms with Crippen molar-refractivity contribution in [2.75, 3.05) is 23.5 Å². The number of hydrogen-bond donors (Lipinski definition) is 0. The van der Waals surface area contributed by atoms with Crippen molar-refractivity contribution in [2.24, 2.45) is 0 Å². The molecular formula is C27H26F6IN5O3. The van der Waals surface area contributed by atoms with E-state index in [2.05, 4.69) is 15.0 Å². The van der Waals surface area contributed by atoms with Gasteiger partial charge in [-0.25, -0.2) is 19.7 Å². The predicted octanol–water partition coefficient (Wildman–Crippen LogP) is 7.42. The summed E-state index contributed by atoms with van der Waals surface area (Å²) in [5.41, 5.74) is -2.45. The number of fused-ring (bicyclic) bond motifs is 1. The second-order valence-electron chi connectivity index (χ2n) is 9.38. The van der Waals surface area contributed by atoms with Gasteiger partial charge in [-0.3, -0.25) is 4.90 Å². The fourth-order valence-corrected chi connectivity index (χ4v) is 5.11. The standard InChI is InChI=1S/C27H26F6IN5O3/c1-4-19-11-21(23-20(6-7-22(37-23)41-3)39(19)25(40)42-5-2)38(24-35-12-18(34)13-36-24)14-15-8-16(26(28,29)30)10-17(9-15)27(31,32)33/h6-10,12-13,19,21H,4-5,11,14H2,1-3H3/t19-,21+/m1/s1. The molecule has 0 spiro atoms. The molecule has 0 bridgehead atoms. The van der Waals surface area contributed by atoms with Gasteiger partial charge in [0.15, 0.2) is 0 Å². The Bertz CT molecular complexity index is 1390. The molecule has 3 heterocycles. The number of carbonyl (C=O) groups excluding carboxylic acids is 1. The minimum absolute atomic E-state index is 0.0568. The Balaban J connectivity index is 1.91. The number of aromatic nitrogens is 3. The lowest BCUT2D eigenvalue weighted by Crippen LogP contribution is -2.48. The lowest BCUT2D eigenvalue weighted by atomic mass is 9.92. The summed E-state index contributed by atoms with van der Waals surface area (Å²) >= 11 is 1.98. The maximum Gasteiger partial charge on any atom is 0.416 e. The molecule has 1 aliphatic rings. The number of benzene rings is 1. The lowest BCUT2D eigenvalue weighted by Gasteiger charge is -2.43. The molecule has 1 aliphatic heterocycles. The number of rotatable bonds is 7. The van der Waals surface area contributed by atoms with Crippen LogP contribution in [-0.4, -0.2) is 40.8 Å². The van der Waals surface area contributed by atoms with Crippen LogP contribution in [-0.2, 0) is 23.6 Å². The molecule has 0 aliphatic carbocycles. The molecule has 0 saturated carbocycles. The zero-order valence-corrected chi connectivity index (χ0v) is 24.8. The van der Waals surface area contributed by atoms with Gasteiger partial charge in [0.05, 0.1) is 42.3 Å². The fraction of sp³-hybridized carbons (Fsp3) is 0.407. The van der Waals surface area contributed by atoms with E-state index in [1.165, 1.54) is 29.3 Å². The number of carbonyl (C=O) groups is 1. The number of anilines is 2. The smallest absolute Gasteiger partial charge is 0.416 e. The van der Waals surface area contributed by atoms with Gasteiger partial charge in [0.25, 0.3) is 0 Å². The summed E-state index contributed by atoms with van der Waals surface area (Å²) in [7, 11) is 1.39. The molecule has 0 fully saturated rings. The molecule has 42 heavy (non-hydrogen) atoms. The van der Waals surface area contributed by atoms with Crippen molar-refractivity contribution in [1.29, 1.82) is 0 Å². The molecule has 2 aromatic heterocycles. The number of halogens is 7. The number of methoxy groups -OCH3 is 1. The highest BCUT2D eigenvalue weighted by Gasteiger charge is 2.42. The second kappa shape index (κ2) is 12.5. The van der Waals surface area contributed by atoms with E-state index in [0.717, 1.165) is 0 Å². The Morgan fingerprint density at radius 3 is 2.19 bits per heavy atom. The highest BCUT2D eigenvalue weighted by molar-refractivity contribution is 14.1. The van der Waals surface area contributed by atoms with E-state index < -0.39 is 48.2 Å². The third-order valence-electron chi connectivity index (χ3n) is 6.70. The van der Waals surface area contributed by atoms with Crippen LogP contribution >= 0.6 is 22.6 Å². The van der Waals surface area contributed by atoms with Gasteiger partial charge in [0.1, 0.15) is 0 Å². The number of amides is 1. The summed E-state index contributed by atoms with van der Waals surface area (Å²) < 4.78 is 93.3. The maximum absolute atomic E-state index is 13.7. The first-order valence-electron chi connectivity index (χ1n) is 12.8. The number of pyridine rings is 1. The number of alkyl halides is 6. The maximum atomic E-state index is 13.7. The average Bonchev–Trinajstić information content (AvgIpc) is 2.94. The van der Waals surface area contributed by atoms with Gasteiger partial charge >= 0.3 is 18.4 Å². The van der Waals surface area contributed by atoms with E-state index in [9.17, 15) is 31.1 Å². The largest absolute Gasteiger partial charge is 0.481 e. The predicted molar refractivity (Wildman–Crippen MR) is 149 cm³/mol. The molecule has 0 unspecified atom stereocenters. The van der Waals surface area contributed by atoms with Crippen LogP contribution in [0.3, 0.4) is 0 Å². The molecule has 0 N–H and O–H groups in total. The quantitative estimate of drug-likeness (QED) is 0.187. The topological polar surface area (TPSA) is 80.7 Å². The third-order valence-corrected chi connectivity index (χ3v) is 7.25. The SMILES string of the molecule is CCOC(=O)N1c2ccc(OC)nc2[C@@H](N(Cc2cc(C(F)(F)F)cc(C(F)(F)F)c2)c2ncc(I)cn2)C[C@H]1CC. The molecule has 1 amide bonds. The minimum atomic E-state index is -5.01. The van der Waals surface area contributed by atoms with E-state index in [4.69, 9.17) is 9.47 Å². The van der Waals surface area contributed by atoms with Crippen LogP contribution < -0.4 is 14.5 Å². The summed E-state index contributed by atoms with van der Waals surface area (Å²) in [5, 5.41) is 0. The van der Waals surface area contributed by atoms with Gasteiger partial charge in [-0.15, -0.1) is 0 Å². The Labute approximate surface area is 251 Å². The fourth-order valence-electron chi connectivity index (χ4n) is 4.83. The molecule has 4 rings (SSSR count). The van der Waals surface area contributed by atoms with Crippen LogP contribution in [0.4, 0.5) is 42.8 Å². The van der Waals surface area contributed by atoms with Crippen LogP contribution in [0.2, 0.25) is 0 Å². The molecule has 8 nitrogen and oxygen atoms in total. The van der Waals surface area contributed by atoms with Gasteiger partial charge in [0, 0.05) is 34.6 Å². The Hall–Kier alpha value is -3.37. The number of nitrogens with zero attached hydrogens (tertiary/aromatic N) is 5. The summed E-state index contributed by atoms with van der Waals surface area (Å²) in [5.74, 6) is 0.251. The molecule has 2 atom stereocenters. The Morgan fingerprint density at radius 2 is 1.67 bits per heavy atom. The molecule has 15 heteroatoms. The second-order valence-corrected chi connectivity index (χ2v) is 10.6. The lowest BCUT2D eigenvalue weighted by molar-refractivity contribution is -0.143. The van der Waals surface area contributed by atoms with Crippen molar-refractivity contribution < 1.29 is 40.6 Å². The molecule has 226 valence electrons. The van der Waals surface area contributed by atoms with Crippen molar-refractivity contribution in [3.05, 3.63) is 68.7 Å². The van der Waals surface area contributed by atoms with E-state index >= 15 is 0 Å². The highest BCUT2D eigenvalue weighted by Crippen LogP contribution is 2.44.